The molecular weight excluding hydrogens is 316 g/mol. The summed E-state index contributed by atoms with van der Waals surface area (Å²) < 4.78 is 5.20. The summed E-state index contributed by atoms with van der Waals surface area (Å²) in [5, 5.41) is 6.08. The molecular formula is C17H17ClN2O3. The van der Waals surface area contributed by atoms with Crippen molar-refractivity contribution in [3.05, 3.63) is 53.1 Å². The van der Waals surface area contributed by atoms with Crippen LogP contribution in [0.1, 0.15) is 23.7 Å². The van der Waals surface area contributed by atoms with Gasteiger partial charge in [0.25, 0.3) is 5.91 Å². The highest BCUT2D eigenvalue weighted by molar-refractivity contribution is 6.30. The average Bonchev–Trinajstić information content (AvgIpc) is 2.56. The number of carbonyl (C=O) groups excluding carboxylic acids is 2. The number of methoxy groups -OCH3 is 1. The second-order valence-electron chi connectivity index (χ2n) is 4.78. The van der Waals surface area contributed by atoms with Crippen LogP contribution in [0.2, 0.25) is 5.02 Å². The Morgan fingerprint density at radius 2 is 1.78 bits per heavy atom. The van der Waals surface area contributed by atoms with E-state index in [0.717, 1.165) is 0 Å². The van der Waals surface area contributed by atoms with Crippen molar-refractivity contribution >= 4 is 34.8 Å². The fourth-order valence-electron chi connectivity index (χ4n) is 1.92. The minimum absolute atomic E-state index is 0.154. The lowest BCUT2D eigenvalue weighted by atomic mass is 10.1. The molecule has 2 rings (SSSR count). The van der Waals surface area contributed by atoms with E-state index in [1.54, 1.807) is 49.4 Å². The molecule has 2 N–H and O–H groups in total. The predicted molar refractivity (Wildman–Crippen MR) is 91.3 cm³/mol. The lowest BCUT2D eigenvalue weighted by molar-refractivity contribution is -0.115. The summed E-state index contributed by atoms with van der Waals surface area (Å²) in [6.45, 7) is 1.75. The molecule has 0 aliphatic rings. The molecule has 2 aromatic carbocycles. The zero-order valence-electron chi connectivity index (χ0n) is 12.9. The molecule has 2 amide bonds. The lowest BCUT2D eigenvalue weighted by Crippen LogP contribution is -2.14. The van der Waals surface area contributed by atoms with Gasteiger partial charge in [-0.15, -0.1) is 0 Å². The van der Waals surface area contributed by atoms with Crippen LogP contribution in [0.15, 0.2) is 42.5 Å². The summed E-state index contributed by atoms with van der Waals surface area (Å²) in [5.41, 5.74) is 1.50. The van der Waals surface area contributed by atoms with Gasteiger partial charge in [-0.05, 0) is 42.5 Å². The van der Waals surface area contributed by atoms with Gasteiger partial charge >= 0.3 is 0 Å². The van der Waals surface area contributed by atoms with E-state index >= 15 is 0 Å². The molecule has 6 heteroatoms. The number of ether oxygens (including phenoxy) is 1. The monoisotopic (exact) mass is 332 g/mol. The first-order valence-corrected chi connectivity index (χ1v) is 7.46. The van der Waals surface area contributed by atoms with Crippen molar-refractivity contribution in [1.82, 2.24) is 0 Å². The van der Waals surface area contributed by atoms with Gasteiger partial charge in [-0.3, -0.25) is 9.59 Å². The van der Waals surface area contributed by atoms with Crippen LogP contribution < -0.4 is 15.4 Å². The molecule has 0 saturated carbocycles. The van der Waals surface area contributed by atoms with Crippen LogP contribution in [-0.4, -0.2) is 18.9 Å². The summed E-state index contributed by atoms with van der Waals surface area (Å²) >= 11 is 5.81. The summed E-state index contributed by atoms with van der Waals surface area (Å²) in [6, 6.07) is 11.7. The zero-order chi connectivity index (χ0) is 16.8. The first-order valence-electron chi connectivity index (χ1n) is 7.08. The van der Waals surface area contributed by atoms with Gasteiger partial charge in [0.15, 0.2) is 0 Å². The van der Waals surface area contributed by atoms with E-state index in [4.69, 9.17) is 16.3 Å². The predicted octanol–water partition coefficient (Wildman–Crippen LogP) is 3.95. The first-order chi connectivity index (χ1) is 11.0. The quantitative estimate of drug-likeness (QED) is 0.871. The molecule has 0 aromatic heterocycles. The van der Waals surface area contributed by atoms with Gasteiger partial charge in [0.2, 0.25) is 5.91 Å². The lowest BCUT2D eigenvalue weighted by Gasteiger charge is -2.12. The molecule has 0 fully saturated rings. The third-order valence-electron chi connectivity index (χ3n) is 3.16. The normalized spacial score (nSPS) is 10.0. The van der Waals surface area contributed by atoms with Crippen molar-refractivity contribution in [2.75, 3.05) is 17.7 Å². The molecule has 23 heavy (non-hydrogen) atoms. The fourth-order valence-corrected chi connectivity index (χ4v) is 2.05. The Morgan fingerprint density at radius 1 is 1.09 bits per heavy atom. The molecule has 0 bridgehead atoms. The third kappa shape index (κ3) is 4.47. The highest BCUT2D eigenvalue weighted by atomic mass is 35.5. The van der Waals surface area contributed by atoms with Gasteiger partial charge < -0.3 is 15.4 Å². The topological polar surface area (TPSA) is 67.4 Å². The molecule has 0 heterocycles. The molecule has 0 atom stereocenters. The van der Waals surface area contributed by atoms with Crippen LogP contribution in [0.25, 0.3) is 0 Å². The van der Waals surface area contributed by atoms with Crippen molar-refractivity contribution in [1.29, 1.82) is 0 Å². The van der Waals surface area contributed by atoms with E-state index in [1.807, 2.05) is 0 Å². The Morgan fingerprint density at radius 3 is 2.39 bits per heavy atom. The molecule has 0 spiro atoms. The maximum atomic E-state index is 12.3. The number of rotatable bonds is 5. The van der Waals surface area contributed by atoms with Crippen LogP contribution >= 0.6 is 11.6 Å². The maximum absolute atomic E-state index is 12.3. The number of nitrogens with one attached hydrogen (secondary N) is 2. The van der Waals surface area contributed by atoms with Crippen LogP contribution in [-0.2, 0) is 4.79 Å². The Bertz CT molecular complexity index is 714. The van der Waals surface area contributed by atoms with Gasteiger partial charge in [-0.25, -0.2) is 0 Å². The number of anilines is 2. The number of halogens is 1. The Hall–Kier alpha value is -2.53. The van der Waals surface area contributed by atoms with Crippen molar-refractivity contribution in [3.8, 4) is 5.75 Å². The molecule has 0 saturated heterocycles. The van der Waals surface area contributed by atoms with Gasteiger partial charge in [0.1, 0.15) is 5.75 Å². The van der Waals surface area contributed by atoms with Gasteiger partial charge in [-0.1, -0.05) is 18.5 Å². The number of hydrogen-bond acceptors (Lipinski definition) is 3. The summed E-state index contributed by atoms with van der Waals surface area (Å²) in [5.74, 6) is 0.0513. The molecule has 0 unspecified atom stereocenters. The summed E-state index contributed by atoms with van der Waals surface area (Å²) in [6.07, 6.45) is 0.338. The van der Waals surface area contributed by atoms with Crippen molar-refractivity contribution in [2.24, 2.45) is 0 Å². The summed E-state index contributed by atoms with van der Waals surface area (Å²) in [7, 11) is 1.50. The Labute approximate surface area is 139 Å². The molecule has 0 radical (unpaired) electrons. The van der Waals surface area contributed by atoms with E-state index in [1.165, 1.54) is 7.11 Å². The van der Waals surface area contributed by atoms with Crippen molar-refractivity contribution < 1.29 is 14.3 Å². The van der Waals surface area contributed by atoms with Crippen LogP contribution in [0, 0.1) is 0 Å². The smallest absolute Gasteiger partial charge is 0.255 e. The number of amides is 2. The van der Waals surface area contributed by atoms with E-state index in [2.05, 4.69) is 10.6 Å². The second kappa shape index (κ2) is 7.65. The first kappa shape index (κ1) is 16.8. The van der Waals surface area contributed by atoms with E-state index < -0.39 is 0 Å². The molecule has 0 aliphatic carbocycles. The van der Waals surface area contributed by atoms with Crippen LogP contribution in [0.5, 0.6) is 5.75 Å². The van der Waals surface area contributed by atoms with Crippen LogP contribution in [0.4, 0.5) is 11.4 Å². The van der Waals surface area contributed by atoms with Crippen molar-refractivity contribution in [2.45, 2.75) is 13.3 Å². The third-order valence-corrected chi connectivity index (χ3v) is 3.41. The van der Waals surface area contributed by atoms with Gasteiger partial charge in [0, 0.05) is 22.7 Å². The Balaban J connectivity index is 2.21. The average molecular weight is 333 g/mol. The Kier molecular flexibility index (Phi) is 5.60. The number of hydrogen-bond donors (Lipinski definition) is 2. The van der Waals surface area contributed by atoms with E-state index in [-0.39, 0.29) is 11.8 Å². The highest BCUT2D eigenvalue weighted by Gasteiger charge is 2.12. The number of carbonyl (C=O) groups is 2. The van der Waals surface area contributed by atoms with E-state index in [0.29, 0.717) is 34.1 Å². The number of benzene rings is 2. The highest BCUT2D eigenvalue weighted by Crippen LogP contribution is 2.26. The zero-order valence-corrected chi connectivity index (χ0v) is 13.6. The maximum Gasteiger partial charge on any atom is 0.255 e. The fraction of sp³-hybridized carbons (Fsp3) is 0.176. The van der Waals surface area contributed by atoms with Crippen LogP contribution in [0.3, 0.4) is 0 Å². The summed E-state index contributed by atoms with van der Waals surface area (Å²) in [4.78, 5) is 23.9. The molecule has 0 aliphatic heterocycles. The van der Waals surface area contributed by atoms with Crippen molar-refractivity contribution in [3.63, 3.8) is 0 Å². The standard InChI is InChI=1S/C17H17ClN2O3/c1-3-16(21)20-14-10-11(4-9-15(14)23-2)17(22)19-13-7-5-12(18)6-8-13/h4-10H,3H2,1-2H3,(H,19,22)(H,20,21). The minimum Gasteiger partial charge on any atom is -0.495 e. The SMILES string of the molecule is CCC(=O)Nc1cc(C(=O)Nc2ccc(Cl)cc2)ccc1OC. The second-order valence-corrected chi connectivity index (χ2v) is 5.21. The minimum atomic E-state index is -0.290. The molecule has 120 valence electrons. The van der Waals surface area contributed by atoms with Gasteiger partial charge in [-0.2, -0.15) is 0 Å². The van der Waals surface area contributed by atoms with E-state index in [9.17, 15) is 9.59 Å². The molecule has 5 nitrogen and oxygen atoms in total. The van der Waals surface area contributed by atoms with Gasteiger partial charge in [0.05, 0.1) is 12.8 Å². The largest absolute Gasteiger partial charge is 0.495 e. The molecule has 2 aromatic rings.